The Morgan fingerprint density at radius 1 is 1.69 bits per heavy atom. The van der Waals surface area contributed by atoms with Crippen LogP contribution in [0.1, 0.15) is 5.56 Å². The van der Waals surface area contributed by atoms with Gasteiger partial charge in [-0.3, -0.25) is 0 Å². The van der Waals surface area contributed by atoms with E-state index in [1.54, 1.807) is 12.1 Å². The summed E-state index contributed by atoms with van der Waals surface area (Å²) in [6, 6.07) is 2.67. The van der Waals surface area contributed by atoms with Crippen molar-refractivity contribution in [1.82, 2.24) is 5.43 Å². The van der Waals surface area contributed by atoms with E-state index in [-0.39, 0.29) is 0 Å². The Morgan fingerprint density at radius 2 is 2.38 bits per heavy atom. The molecule has 0 unspecified atom stereocenters. The Labute approximate surface area is 106 Å². The van der Waals surface area contributed by atoms with Crippen LogP contribution in [-0.2, 0) is 0 Å². The Morgan fingerprint density at radius 3 is 2.88 bits per heavy atom. The first-order valence-corrected chi connectivity index (χ1v) is 5.33. The van der Waals surface area contributed by atoms with Gasteiger partial charge in [-0.15, -0.1) is 0 Å². The number of methoxy groups -OCH3 is 1. The number of nitrogens with two attached hydrogens (primary N) is 1. The predicted octanol–water partition coefficient (Wildman–Crippen LogP) is 2.11. The highest BCUT2D eigenvalue weighted by atomic mass is 79.9. The fourth-order valence-electron chi connectivity index (χ4n) is 1.02. The average Bonchev–Trinajstić information content (AvgIpc) is 2.16. The lowest BCUT2D eigenvalue weighted by atomic mass is 10.2. The fraction of sp³-hybridized carbons (Fsp3) is 0.111. The van der Waals surface area contributed by atoms with E-state index in [1.165, 1.54) is 13.3 Å². The lowest BCUT2D eigenvalue weighted by molar-refractivity contribution is 0.249. The molecule has 0 aliphatic heterocycles. The van der Waals surface area contributed by atoms with E-state index in [1.807, 2.05) is 0 Å². The molecule has 86 valence electrons. The zero-order valence-corrected chi connectivity index (χ0v) is 10.7. The van der Waals surface area contributed by atoms with Crippen molar-refractivity contribution in [3.63, 3.8) is 0 Å². The summed E-state index contributed by atoms with van der Waals surface area (Å²) in [4.78, 5) is 10.4. The maximum Gasteiger partial charge on any atom is 0.332 e. The van der Waals surface area contributed by atoms with Crippen molar-refractivity contribution < 1.29 is 9.53 Å². The summed E-state index contributed by atoms with van der Waals surface area (Å²) in [6.07, 6.45) is 1.42. The molecule has 0 heterocycles. The Kier molecular flexibility index (Phi) is 4.57. The second-order valence-corrected chi connectivity index (χ2v) is 4.01. The Balaban J connectivity index is 2.91. The minimum atomic E-state index is -0.727. The standard InChI is InChI=1S/C9H9BrClN3O2/c1-16-8-6(10)2-5(3-7(8)11)4-13-14-9(12)15/h2-4H,1H3,(H3,12,14,15). The van der Waals surface area contributed by atoms with Crippen LogP contribution in [0.15, 0.2) is 21.7 Å². The topological polar surface area (TPSA) is 76.7 Å². The van der Waals surface area contributed by atoms with E-state index in [0.29, 0.717) is 20.8 Å². The van der Waals surface area contributed by atoms with E-state index < -0.39 is 6.03 Å². The molecule has 1 rings (SSSR count). The maximum atomic E-state index is 10.4. The van der Waals surface area contributed by atoms with Crippen LogP contribution in [0.5, 0.6) is 5.75 Å². The van der Waals surface area contributed by atoms with Crippen LogP contribution in [0.25, 0.3) is 0 Å². The molecular weight excluding hydrogens is 297 g/mol. The second-order valence-electron chi connectivity index (χ2n) is 2.75. The number of halogens is 2. The van der Waals surface area contributed by atoms with Crippen LogP contribution in [-0.4, -0.2) is 19.4 Å². The number of hydrogen-bond acceptors (Lipinski definition) is 3. The molecule has 0 spiro atoms. The maximum absolute atomic E-state index is 10.4. The van der Waals surface area contributed by atoms with Gasteiger partial charge in [0.2, 0.25) is 0 Å². The average molecular weight is 307 g/mol. The largest absolute Gasteiger partial charge is 0.494 e. The van der Waals surface area contributed by atoms with E-state index in [9.17, 15) is 4.79 Å². The third kappa shape index (κ3) is 3.39. The van der Waals surface area contributed by atoms with Gasteiger partial charge < -0.3 is 10.5 Å². The van der Waals surface area contributed by atoms with Gasteiger partial charge in [0.05, 0.1) is 22.8 Å². The zero-order chi connectivity index (χ0) is 12.1. The predicted molar refractivity (Wildman–Crippen MR) is 66.0 cm³/mol. The monoisotopic (exact) mass is 305 g/mol. The molecule has 0 fully saturated rings. The van der Waals surface area contributed by atoms with Gasteiger partial charge >= 0.3 is 6.03 Å². The smallest absolute Gasteiger partial charge is 0.332 e. The molecule has 0 atom stereocenters. The summed E-state index contributed by atoms with van der Waals surface area (Å²) in [5, 5.41) is 4.05. The normalized spacial score (nSPS) is 10.4. The number of nitrogens with zero attached hydrogens (tertiary/aromatic N) is 1. The first-order valence-electron chi connectivity index (χ1n) is 4.16. The summed E-state index contributed by atoms with van der Waals surface area (Å²) in [5.74, 6) is 0.543. The molecule has 1 aromatic rings. The highest BCUT2D eigenvalue weighted by Gasteiger charge is 2.06. The fourth-order valence-corrected chi connectivity index (χ4v) is 2.08. The number of ether oxygens (including phenoxy) is 1. The summed E-state index contributed by atoms with van der Waals surface area (Å²) in [7, 11) is 1.52. The van der Waals surface area contributed by atoms with Crippen molar-refractivity contribution in [2.45, 2.75) is 0 Å². The molecule has 0 aromatic heterocycles. The van der Waals surface area contributed by atoms with E-state index in [0.717, 1.165) is 0 Å². The lowest BCUT2D eigenvalue weighted by Gasteiger charge is -2.06. The number of nitrogens with one attached hydrogen (secondary N) is 1. The molecule has 0 saturated heterocycles. The van der Waals surface area contributed by atoms with Crippen LogP contribution in [0, 0.1) is 0 Å². The summed E-state index contributed by atoms with van der Waals surface area (Å²) < 4.78 is 5.76. The van der Waals surface area contributed by atoms with Gasteiger partial charge in [0.1, 0.15) is 0 Å². The van der Waals surface area contributed by atoms with Gasteiger partial charge in [-0.1, -0.05) is 11.6 Å². The Hall–Kier alpha value is -1.27. The number of carbonyl (C=O) groups excluding carboxylic acids is 1. The van der Waals surface area contributed by atoms with Crippen molar-refractivity contribution >= 4 is 39.8 Å². The van der Waals surface area contributed by atoms with Crippen molar-refractivity contribution in [3.05, 3.63) is 27.2 Å². The quantitative estimate of drug-likeness (QED) is 0.663. The van der Waals surface area contributed by atoms with Crippen LogP contribution in [0.3, 0.4) is 0 Å². The number of urea groups is 1. The molecule has 2 amide bonds. The van der Waals surface area contributed by atoms with E-state index in [2.05, 4.69) is 26.5 Å². The molecule has 1 aromatic carbocycles. The van der Waals surface area contributed by atoms with Crippen molar-refractivity contribution in [3.8, 4) is 5.75 Å². The summed E-state index contributed by atoms with van der Waals surface area (Å²) >= 11 is 9.24. The number of rotatable bonds is 3. The minimum absolute atomic E-state index is 0.442. The molecule has 7 heteroatoms. The lowest BCUT2D eigenvalue weighted by Crippen LogP contribution is -2.24. The second kappa shape index (κ2) is 5.72. The molecule has 16 heavy (non-hydrogen) atoms. The van der Waals surface area contributed by atoms with Gasteiger partial charge in [0.25, 0.3) is 0 Å². The minimum Gasteiger partial charge on any atom is -0.494 e. The number of amides is 2. The molecule has 0 radical (unpaired) electrons. The van der Waals surface area contributed by atoms with E-state index in [4.69, 9.17) is 22.1 Å². The highest BCUT2D eigenvalue weighted by molar-refractivity contribution is 9.10. The highest BCUT2D eigenvalue weighted by Crippen LogP contribution is 2.33. The number of hydrazone groups is 1. The van der Waals surface area contributed by atoms with Gasteiger partial charge in [-0.25, -0.2) is 10.2 Å². The van der Waals surface area contributed by atoms with Crippen LogP contribution in [0.4, 0.5) is 4.79 Å². The number of primary amides is 1. The molecule has 5 nitrogen and oxygen atoms in total. The Bertz CT molecular complexity index is 414. The third-order valence-corrected chi connectivity index (χ3v) is 2.48. The molecule has 0 bridgehead atoms. The number of benzene rings is 1. The number of carbonyl (C=O) groups is 1. The molecule has 0 aliphatic carbocycles. The molecular formula is C9H9BrClN3O2. The first-order chi connectivity index (χ1) is 7.54. The summed E-state index contributed by atoms with van der Waals surface area (Å²) in [6.45, 7) is 0. The third-order valence-electron chi connectivity index (χ3n) is 1.61. The van der Waals surface area contributed by atoms with E-state index >= 15 is 0 Å². The van der Waals surface area contributed by atoms with Crippen LogP contribution in [0.2, 0.25) is 5.02 Å². The van der Waals surface area contributed by atoms with Crippen LogP contribution >= 0.6 is 27.5 Å². The summed E-state index contributed by atoms with van der Waals surface area (Å²) in [5.41, 5.74) is 7.62. The van der Waals surface area contributed by atoms with Gasteiger partial charge in [0, 0.05) is 0 Å². The van der Waals surface area contributed by atoms with Crippen LogP contribution < -0.4 is 15.9 Å². The molecule has 0 aliphatic rings. The van der Waals surface area contributed by atoms with Gasteiger partial charge in [-0.2, -0.15) is 5.10 Å². The molecule has 3 N–H and O–H groups in total. The first kappa shape index (κ1) is 12.8. The zero-order valence-electron chi connectivity index (χ0n) is 8.33. The SMILES string of the molecule is COc1c(Cl)cc(C=NNC(N)=O)cc1Br. The van der Waals surface area contributed by atoms with Crippen molar-refractivity contribution in [2.75, 3.05) is 7.11 Å². The van der Waals surface area contributed by atoms with Gasteiger partial charge in [0.15, 0.2) is 5.75 Å². The van der Waals surface area contributed by atoms with Gasteiger partial charge in [-0.05, 0) is 33.6 Å². The van der Waals surface area contributed by atoms with Crippen molar-refractivity contribution in [2.24, 2.45) is 10.8 Å². The number of hydrogen-bond donors (Lipinski definition) is 2. The van der Waals surface area contributed by atoms with Crippen molar-refractivity contribution in [1.29, 1.82) is 0 Å². The molecule has 0 saturated carbocycles.